The molecule has 0 aromatic carbocycles. The van der Waals surface area contributed by atoms with Gasteiger partial charge in [-0.1, -0.05) is 12.2 Å². The van der Waals surface area contributed by atoms with E-state index in [1.165, 1.54) is 6.42 Å². The van der Waals surface area contributed by atoms with Crippen LogP contribution in [0.2, 0.25) is 0 Å². The van der Waals surface area contributed by atoms with E-state index in [0.717, 1.165) is 39.1 Å². The lowest BCUT2D eigenvalue weighted by atomic mass is 9.98. The van der Waals surface area contributed by atoms with E-state index in [-0.39, 0.29) is 0 Å². The summed E-state index contributed by atoms with van der Waals surface area (Å²) < 4.78 is 10.4. The van der Waals surface area contributed by atoms with Gasteiger partial charge in [-0.2, -0.15) is 0 Å². The molecule has 1 saturated heterocycles. The number of rotatable bonds is 8. The minimum absolute atomic E-state index is 0.410. The van der Waals surface area contributed by atoms with Gasteiger partial charge in [0.05, 0.1) is 18.2 Å². The Bertz CT molecular complexity index is 227. The van der Waals surface area contributed by atoms with Gasteiger partial charge in [-0.15, -0.1) is 0 Å². The highest BCUT2D eigenvalue weighted by atomic mass is 32.1. The first-order valence-corrected chi connectivity index (χ1v) is 6.73. The zero-order chi connectivity index (χ0) is 12.5. The minimum Gasteiger partial charge on any atom is -0.393 e. The average Bonchev–Trinajstić information content (AvgIpc) is 2.34. The molecule has 4 nitrogen and oxygen atoms in total. The van der Waals surface area contributed by atoms with Crippen LogP contribution in [-0.2, 0) is 9.47 Å². The Morgan fingerprint density at radius 3 is 2.94 bits per heavy atom. The number of thiocarbonyl (C=S) groups is 1. The molecule has 0 aromatic rings. The monoisotopic (exact) mass is 260 g/mol. The molecule has 1 unspecified atom stereocenters. The molecule has 0 bridgehead atoms. The van der Waals surface area contributed by atoms with Crippen LogP contribution in [0.25, 0.3) is 0 Å². The number of ether oxygens (including phenoxy) is 2. The summed E-state index contributed by atoms with van der Waals surface area (Å²) in [6.45, 7) is 5.42. The number of hydrogen-bond acceptors (Lipinski definition) is 4. The van der Waals surface area contributed by atoms with Gasteiger partial charge >= 0.3 is 0 Å². The summed E-state index contributed by atoms with van der Waals surface area (Å²) in [5.41, 5.74) is 5.71. The lowest BCUT2D eigenvalue weighted by Crippen LogP contribution is -2.41. The van der Waals surface area contributed by atoms with Gasteiger partial charge in [-0.3, -0.25) is 0 Å². The van der Waals surface area contributed by atoms with Crippen molar-refractivity contribution in [3.63, 3.8) is 0 Å². The summed E-state index contributed by atoms with van der Waals surface area (Å²) in [6, 6.07) is 0. The molecule has 1 rings (SSSR count). The van der Waals surface area contributed by atoms with E-state index in [9.17, 15) is 0 Å². The topological polar surface area (TPSA) is 47.7 Å². The van der Waals surface area contributed by atoms with Crippen LogP contribution in [0.5, 0.6) is 0 Å². The highest BCUT2D eigenvalue weighted by Gasteiger charge is 2.21. The molecular weight excluding hydrogens is 236 g/mol. The highest BCUT2D eigenvalue weighted by molar-refractivity contribution is 7.80. The molecule has 0 spiro atoms. The largest absolute Gasteiger partial charge is 0.393 e. The molecule has 2 N–H and O–H groups in total. The summed E-state index contributed by atoms with van der Waals surface area (Å²) in [4.78, 5) is 3.11. The van der Waals surface area contributed by atoms with E-state index in [1.807, 2.05) is 0 Å². The number of nitrogens with zero attached hydrogens (tertiary/aromatic N) is 1. The van der Waals surface area contributed by atoms with Crippen molar-refractivity contribution in [3.8, 4) is 0 Å². The van der Waals surface area contributed by atoms with Crippen LogP contribution in [0.3, 0.4) is 0 Å². The van der Waals surface area contributed by atoms with E-state index >= 15 is 0 Å². The van der Waals surface area contributed by atoms with Gasteiger partial charge in [0.2, 0.25) is 0 Å². The summed E-state index contributed by atoms with van der Waals surface area (Å²) in [5, 5.41) is 0. The smallest absolute Gasteiger partial charge is 0.0771 e. The quantitative estimate of drug-likeness (QED) is 0.522. The molecule has 0 aliphatic carbocycles. The Kier molecular flexibility index (Phi) is 7.68. The Morgan fingerprint density at radius 1 is 1.41 bits per heavy atom. The third-order valence-electron chi connectivity index (χ3n) is 3.10. The van der Waals surface area contributed by atoms with Crippen molar-refractivity contribution in [2.45, 2.75) is 19.3 Å². The maximum atomic E-state index is 5.71. The van der Waals surface area contributed by atoms with Gasteiger partial charge in [0.25, 0.3) is 0 Å². The van der Waals surface area contributed by atoms with Crippen molar-refractivity contribution in [1.29, 1.82) is 0 Å². The molecule has 1 atom stereocenters. The molecule has 0 saturated carbocycles. The molecule has 1 aliphatic heterocycles. The zero-order valence-electron chi connectivity index (χ0n) is 10.7. The predicted octanol–water partition coefficient (Wildman–Crippen LogP) is 1.04. The molecule has 100 valence electrons. The predicted molar refractivity (Wildman–Crippen MR) is 73.3 cm³/mol. The van der Waals surface area contributed by atoms with Crippen molar-refractivity contribution >= 4 is 17.2 Å². The van der Waals surface area contributed by atoms with Crippen LogP contribution in [-0.4, -0.2) is 56.5 Å². The molecule has 0 aromatic heterocycles. The molecule has 5 heteroatoms. The van der Waals surface area contributed by atoms with Gasteiger partial charge < -0.3 is 20.1 Å². The Labute approximate surface area is 109 Å². The third-order valence-corrected chi connectivity index (χ3v) is 3.44. The zero-order valence-corrected chi connectivity index (χ0v) is 11.5. The van der Waals surface area contributed by atoms with Gasteiger partial charge in [0.1, 0.15) is 0 Å². The van der Waals surface area contributed by atoms with Crippen molar-refractivity contribution in [1.82, 2.24) is 4.90 Å². The lowest BCUT2D eigenvalue weighted by molar-refractivity contribution is 0.0635. The van der Waals surface area contributed by atoms with Crippen LogP contribution in [0, 0.1) is 5.92 Å². The molecular formula is C12H24N2O2S. The number of nitrogens with two attached hydrogens (primary N) is 1. The fraction of sp³-hybridized carbons (Fsp3) is 0.917. The summed E-state index contributed by atoms with van der Waals surface area (Å²) in [6.07, 6.45) is 3.41. The molecule has 0 amide bonds. The fourth-order valence-electron chi connectivity index (χ4n) is 2.13. The normalized spacial score (nSPS) is 21.6. The minimum atomic E-state index is 0.410. The second-order valence-electron chi connectivity index (χ2n) is 4.50. The second kappa shape index (κ2) is 8.80. The summed E-state index contributed by atoms with van der Waals surface area (Å²) in [7, 11) is 1.69. The Morgan fingerprint density at radius 2 is 2.24 bits per heavy atom. The van der Waals surface area contributed by atoms with E-state index in [4.69, 9.17) is 27.4 Å². The molecule has 0 radical (unpaired) electrons. The molecule has 1 fully saturated rings. The number of likely N-dealkylation sites (tertiary alicyclic amines) is 1. The lowest BCUT2D eigenvalue weighted by Gasteiger charge is -2.32. The maximum Gasteiger partial charge on any atom is 0.0771 e. The summed E-state index contributed by atoms with van der Waals surface area (Å²) in [5.74, 6) is 0.410. The first-order valence-electron chi connectivity index (χ1n) is 6.32. The van der Waals surface area contributed by atoms with E-state index < -0.39 is 0 Å². The van der Waals surface area contributed by atoms with Crippen LogP contribution < -0.4 is 5.73 Å². The van der Waals surface area contributed by atoms with Crippen molar-refractivity contribution in [2.75, 3.05) is 46.6 Å². The van der Waals surface area contributed by atoms with E-state index in [1.54, 1.807) is 7.11 Å². The van der Waals surface area contributed by atoms with E-state index in [0.29, 0.717) is 24.1 Å². The third kappa shape index (κ3) is 6.31. The molecule has 17 heavy (non-hydrogen) atoms. The van der Waals surface area contributed by atoms with Crippen LogP contribution in [0.15, 0.2) is 0 Å². The maximum absolute atomic E-state index is 5.71. The Hall–Kier alpha value is -0.230. The highest BCUT2D eigenvalue weighted by Crippen LogP contribution is 2.16. The van der Waals surface area contributed by atoms with Gasteiger partial charge in [0.15, 0.2) is 0 Å². The first-order chi connectivity index (χ1) is 8.24. The van der Waals surface area contributed by atoms with Crippen LogP contribution in [0.4, 0.5) is 0 Å². The average molecular weight is 260 g/mol. The van der Waals surface area contributed by atoms with Crippen molar-refractivity contribution in [2.24, 2.45) is 11.7 Å². The molecule has 1 heterocycles. The van der Waals surface area contributed by atoms with Gasteiger partial charge in [0, 0.05) is 32.7 Å². The number of piperidine rings is 1. The van der Waals surface area contributed by atoms with Crippen molar-refractivity contribution in [3.05, 3.63) is 0 Å². The second-order valence-corrected chi connectivity index (χ2v) is 4.97. The molecule has 1 aliphatic rings. The fourth-order valence-corrected chi connectivity index (χ4v) is 2.32. The standard InChI is InChI=1S/C12H24N2O2S/c1-15-8-9-16-7-3-6-14-5-2-4-11(10-14)12(13)17/h11H,2-10H2,1H3,(H2,13,17). The summed E-state index contributed by atoms with van der Waals surface area (Å²) >= 11 is 5.06. The number of methoxy groups -OCH3 is 1. The van der Waals surface area contributed by atoms with Crippen molar-refractivity contribution < 1.29 is 9.47 Å². The van der Waals surface area contributed by atoms with Crippen LogP contribution >= 0.6 is 12.2 Å². The first kappa shape index (κ1) is 14.8. The van der Waals surface area contributed by atoms with Gasteiger partial charge in [-0.25, -0.2) is 0 Å². The number of hydrogen-bond donors (Lipinski definition) is 1. The van der Waals surface area contributed by atoms with Gasteiger partial charge in [-0.05, 0) is 25.8 Å². The Balaban J connectivity index is 2.04. The SMILES string of the molecule is COCCOCCCN1CCCC(C(N)=S)C1. The van der Waals surface area contributed by atoms with Crippen LogP contribution in [0.1, 0.15) is 19.3 Å². The van der Waals surface area contributed by atoms with E-state index in [2.05, 4.69) is 4.90 Å².